The Morgan fingerprint density at radius 2 is 1.82 bits per heavy atom. The molecule has 1 aliphatic heterocycles. The highest BCUT2D eigenvalue weighted by Crippen LogP contribution is 2.35. The molecule has 1 aromatic carbocycles. The van der Waals surface area contributed by atoms with Gasteiger partial charge in [-0.05, 0) is 49.7 Å². The van der Waals surface area contributed by atoms with E-state index in [4.69, 9.17) is 4.98 Å². The van der Waals surface area contributed by atoms with E-state index in [0.29, 0.717) is 12.5 Å². The van der Waals surface area contributed by atoms with Gasteiger partial charge in [0.2, 0.25) is 0 Å². The number of nitrogens with zero attached hydrogens (tertiary/aromatic N) is 2. The van der Waals surface area contributed by atoms with Gasteiger partial charge < -0.3 is 4.57 Å². The quantitative estimate of drug-likeness (QED) is 0.730. The third-order valence-corrected chi connectivity index (χ3v) is 4.92. The molecule has 4 rings (SSSR count). The molecular formula is C17H17F3N2. The summed E-state index contributed by atoms with van der Waals surface area (Å²) >= 11 is 0. The zero-order valence-electron chi connectivity index (χ0n) is 12.2. The maximum Gasteiger partial charge on any atom is 0.161 e. The fourth-order valence-corrected chi connectivity index (χ4v) is 3.81. The van der Waals surface area contributed by atoms with Crippen LogP contribution in [0.25, 0.3) is 0 Å². The van der Waals surface area contributed by atoms with Gasteiger partial charge in [-0.15, -0.1) is 0 Å². The molecule has 0 fully saturated rings. The van der Waals surface area contributed by atoms with Crippen LogP contribution in [-0.2, 0) is 25.8 Å². The predicted molar refractivity (Wildman–Crippen MR) is 76.2 cm³/mol. The van der Waals surface area contributed by atoms with Gasteiger partial charge >= 0.3 is 0 Å². The van der Waals surface area contributed by atoms with Crippen LogP contribution in [0.1, 0.15) is 48.0 Å². The van der Waals surface area contributed by atoms with E-state index >= 15 is 0 Å². The van der Waals surface area contributed by atoms with Crippen molar-refractivity contribution in [3.05, 3.63) is 52.4 Å². The molecule has 116 valence electrons. The van der Waals surface area contributed by atoms with Crippen molar-refractivity contribution in [2.24, 2.45) is 0 Å². The third-order valence-electron chi connectivity index (χ3n) is 4.92. The average molecular weight is 306 g/mol. The van der Waals surface area contributed by atoms with Crippen molar-refractivity contribution in [2.45, 2.75) is 51.0 Å². The van der Waals surface area contributed by atoms with Crippen LogP contribution in [0.15, 0.2) is 12.1 Å². The number of hydrogen-bond donors (Lipinski definition) is 0. The number of aromatic nitrogens is 2. The lowest BCUT2D eigenvalue weighted by Crippen LogP contribution is -2.18. The monoisotopic (exact) mass is 306 g/mol. The molecule has 5 heteroatoms. The number of aryl methyl sites for hydroxylation is 1. The lowest BCUT2D eigenvalue weighted by atomic mass is 9.84. The molecule has 2 aromatic rings. The first-order valence-electron chi connectivity index (χ1n) is 7.85. The second kappa shape index (κ2) is 5.14. The fourth-order valence-electron chi connectivity index (χ4n) is 3.81. The van der Waals surface area contributed by atoms with Crippen LogP contribution in [0.2, 0.25) is 0 Å². The van der Waals surface area contributed by atoms with Gasteiger partial charge in [-0.1, -0.05) is 0 Å². The van der Waals surface area contributed by atoms with Crippen LogP contribution in [0.5, 0.6) is 0 Å². The maximum atomic E-state index is 14.0. The number of hydrogen-bond acceptors (Lipinski definition) is 1. The zero-order valence-corrected chi connectivity index (χ0v) is 12.2. The molecule has 1 atom stereocenters. The Morgan fingerprint density at radius 1 is 1.00 bits per heavy atom. The van der Waals surface area contributed by atoms with Crippen molar-refractivity contribution in [3.8, 4) is 0 Å². The molecule has 2 nitrogen and oxygen atoms in total. The lowest BCUT2D eigenvalue weighted by Gasteiger charge is -2.24. The minimum Gasteiger partial charge on any atom is -0.332 e. The van der Waals surface area contributed by atoms with Crippen LogP contribution in [0, 0.1) is 17.5 Å². The van der Waals surface area contributed by atoms with Crippen molar-refractivity contribution < 1.29 is 13.2 Å². The first kappa shape index (κ1) is 13.9. The molecule has 0 radical (unpaired) electrons. The van der Waals surface area contributed by atoms with Gasteiger partial charge in [0.15, 0.2) is 11.6 Å². The highest BCUT2D eigenvalue weighted by atomic mass is 19.2. The molecule has 22 heavy (non-hydrogen) atoms. The fraction of sp³-hybridized carbons (Fsp3) is 0.471. The number of benzene rings is 1. The number of halogens is 3. The molecule has 1 aliphatic carbocycles. The van der Waals surface area contributed by atoms with E-state index in [-0.39, 0.29) is 11.5 Å². The minimum absolute atomic E-state index is 0.125. The summed E-state index contributed by atoms with van der Waals surface area (Å²) in [5, 5.41) is 0. The van der Waals surface area contributed by atoms with Crippen molar-refractivity contribution in [3.63, 3.8) is 0 Å². The normalized spacial score (nSPS) is 20.6. The van der Waals surface area contributed by atoms with Crippen molar-refractivity contribution in [1.82, 2.24) is 9.55 Å². The largest absolute Gasteiger partial charge is 0.332 e. The van der Waals surface area contributed by atoms with E-state index in [1.807, 2.05) is 0 Å². The smallest absolute Gasteiger partial charge is 0.161 e. The maximum absolute atomic E-state index is 14.0. The summed E-state index contributed by atoms with van der Waals surface area (Å²) in [5.74, 6) is -1.76. The summed E-state index contributed by atoms with van der Waals surface area (Å²) in [5.41, 5.74) is 2.54. The molecule has 2 heterocycles. The van der Waals surface area contributed by atoms with Gasteiger partial charge in [0.05, 0.1) is 5.69 Å². The summed E-state index contributed by atoms with van der Waals surface area (Å²) in [6.45, 7) is 1.02. The van der Waals surface area contributed by atoms with Crippen molar-refractivity contribution in [1.29, 1.82) is 0 Å². The number of fused-ring (bicyclic) bond motifs is 3. The van der Waals surface area contributed by atoms with Crippen molar-refractivity contribution >= 4 is 0 Å². The Balaban J connectivity index is 1.68. The Bertz CT molecular complexity index is 736. The third kappa shape index (κ3) is 2.14. The van der Waals surface area contributed by atoms with Crippen LogP contribution in [-0.4, -0.2) is 9.55 Å². The van der Waals surface area contributed by atoms with Gasteiger partial charge in [0, 0.05) is 24.7 Å². The summed E-state index contributed by atoms with van der Waals surface area (Å²) < 4.78 is 42.8. The second-order valence-electron chi connectivity index (χ2n) is 6.26. The van der Waals surface area contributed by atoms with Gasteiger partial charge in [-0.3, -0.25) is 0 Å². The summed E-state index contributed by atoms with van der Waals surface area (Å²) in [7, 11) is 0. The zero-order chi connectivity index (χ0) is 15.3. The summed E-state index contributed by atoms with van der Waals surface area (Å²) in [4.78, 5) is 4.71. The molecule has 0 N–H and O–H groups in total. The topological polar surface area (TPSA) is 17.8 Å². The molecule has 1 unspecified atom stereocenters. The van der Waals surface area contributed by atoms with Gasteiger partial charge in [0.1, 0.15) is 11.6 Å². The Kier molecular flexibility index (Phi) is 3.24. The van der Waals surface area contributed by atoms with E-state index in [9.17, 15) is 13.2 Å². The summed E-state index contributed by atoms with van der Waals surface area (Å²) in [6, 6.07) is 1.66. The Morgan fingerprint density at radius 3 is 2.68 bits per heavy atom. The summed E-state index contributed by atoms with van der Waals surface area (Å²) in [6.07, 6.45) is 5.52. The van der Waals surface area contributed by atoms with Crippen LogP contribution in [0.3, 0.4) is 0 Å². The van der Waals surface area contributed by atoms with E-state index < -0.39 is 17.5 Å². The van der Waals surface area contributed by atoms with Crippen molar-refractivity contribution in [2.75, 3.05) is 0 Å². The number of rotatable bonds is 1. The van der Waals surface area contributed by atoms with Gasteiger partial charge in [-0.25, -0.2) is 18.2 Å². The predicted octanol–water partition coefficient (Wildman–Crippen LogP) is 3.91. The Labute approximate surface area is 127 Å². The van der Waals surface area contributed by atoms with Crippen LogP contribution < -0.4 is 0 Å². The van der Waals surface area contributed by atoms with Gasteiger partial charge in [-0.2, -0.15) is 0 Å². The van der Waals surface area contributed by atoms with Gasteiger partial charge in [0.25, 0.3) is 0 Å². The second-order valence-corrected chi connectivity index (χ2v) is 6.26. The SMILES string of the molecule is Fc1cc(F)c(C2CCc3c(nc4n3CCCC4)C2)cc1F. The lowest BCUT2D eigenvalue weighted by molar-refractivity contribution is 0.466. The van der Waals surface area contributed by atoms with Crippen LogP contribution >= 0.6 is 0 Å². The molecule has 0 bridgehead atoms. The molecule has 0 spiro atoms. The highest BCUT2D eigenvalue weighted by Gasteiger charge is 2.29. The minimum atomic E-state index is -1.13. The highest BCUT2D eigenvalue weighted by molar-refractivity contribution is 5.30. The van der Waals surface area contributed by atoms with E-state index in [0.717, 1.165) is 49.8 Å². The first-order chi connectivity index (χ1) is 10.6. The first-order valence-corrected chi connectivity index (χ1v) is 7.85. The number of imidazole rings is 1. The molecular weight excluding hydrogens is 289 g/mol. The molecule has 0 saturated carbocycles. The Hall–Kier alpha value is -1.78. The molecule has 0 amide bonds. The molecule has 1 aromatic heterocycles. The van der Waals surface area contributed by atoms with E-state index in [2.05, 4.69) is 4.57 Å². The molecule has 0 saturated heterocycles. The average Bonchev–Trinajstić information content (AvgIpc) is 2.88. The van der Waals surface area contributed by atoms with Crippen LogP contribution in [0.4, 0.5) is 13.2 Å². The van der Waals surface area contributed by atoms with E-state index in [1.54, 1.807) is 0 Å². The molecule has 2 aliphatic rings. The van der Waals surface area contributed by atoms with E-state index in [1.165, 1.54) is 12.1 Å². The standard InChI is InChI=1S/C17H17F3N2/c18-12-9-14(20)13(19)8-11(12)10-4-5-16-15(7-10)21-17-3-1-2-6-22(16)17/h8-10H,1-7H2.